The van der Waals surface area contributed by atoms with Crippen LogP contribution >= 0.6 is 11.3 Å². The number of hydrogen-bond acceptors (Lipinski definition) is 6. The van der Waals surface area contributed by atoms with Crippen molar-refractivity contribution in [2.45, 2.75) is 25.4 Å². The van der Waals surface area contributed by atoms with Gasteiger partial charge in [-0.05, 0) is 43.7 Å². The average molecular weight is 384 g/mol. The minimum absolute atomic E-state index is 0.124. The van der Waals surface area contributed by atoms with Gasteiger partial charge >= 0.3 is 6.03 Å². The molecule has 3 aromatic rings. The van der Waals surface area contributed by atoms with Crippen molar-refractivity contribution in [3.63, 3.8) is 0 Å². The Balaban J connectivity index is 1.33. The van der Waals surface area contributed by atoms with Crippen molar-refractivity contribution < 1.29 is 14.0 Å². The number of aromatic nitrogens is 1. The van der Waals surface area contributed by atoms with E-state index < -0.39 is 6.03 Å². The molecule has 0 aliphatic carbocycles. The van der Waals surface area contributed by atoms with Gasteiger partial charge in [-0.1, -0.05) is 12.1 Å². The van der Waals surface area contributed by atoms with Crippen LogP contribution in [-0.4, -0.2) is 34.9 Å². The number of urea groups is 1. The van der Waals surface area contributed by atoms with Gasteiger partial charge in [-0.3, -0.25) is 15.0 Å². The Hall–Kier alpha value is -2.71. The van der Waals surface area contributed by atoms with Crippen molar-refractivity contribution in [1.29, 1.82) is 0 Å². The molecule has 0 bridgehead atoms. The van der Waals surface area contributed by atoms with Crippen LogP contribution in [0.3, 0.4) is 0 Å². The van der Waals surface area contributed by atoms with Gasteiger partial charge in [0, 0.05) is 0 Å². The molecule has 1 saturated heterocycles. The van der Waals surface area contributed by atoms with Crippen molar-refractivity contribution in [2.75, 3.05) is 13.1 Å². The lowest BCUT2D eigenvalue weighted by molar-refractivity contribution is -0.121. The number of fused-ring (bicyclic) bond motifs is 1. The number of nitrogens with zero attached hydrogens (tertiary/aromatic N) is 2. The van der Waals surface area contributed by atoms with E-state index >= 15 is 0 Å². The van der Waals surface area contributed by atoms with Gasteiger partial charge in [0.25, 0.3) is 0 Å². The van der Waals surface area contributed by atoms with Crippen LogP contribution in [-0.2, 0) is 11.3 Å². The molecule has 1 aliphatic heterocycles. The molecule has 8 heteroatoms. The van der Waals surface area contributed by atoms with E-state index in [-0.39, 0.29) is 25.0 Å². The molecular formula is C19H20N4O3S. The van der Waals surface area contributed by atoms with Crippen molar-refractivity contribution in [2.24, 2.45) is 0 Å². The quantitative estimate of drug-likeness (QED) is 0.706. The van der Waals surface area contributed by atoms with Gasteiger partial charge in [0.05, 0.1) is 35.6 Å². The summed E-state index contributed by atoms with van der Waals surface area (Å²) >= 11 is 1.67. The summed E-state index contributed by atoms with van der Waals surface area (Å²) < 4.78 is 6.30. The molecule has 1 fully saturated rings. The number of carbonyl (C=O) groups is 2. The summed E-state index contributed by atoms with van der Waals surface area (Å²) in [7, 11) is 0. The lowest BCUT2D eigenvalue weighted by Crippen LogP contribution is -2.44. The summed E-state index contributed by atoms with van der Waals surface area (Å²) in [5.74, 6) is 0.313. The third-order valence-corrected chi connectivity index (χ3v) is 5.70. The first-order chi connectivity index (χ1) is 13.2. The molecule has 1 aliphatic rings. The first-order valence-electron chi connectivity index (χ1n) is 8.88. The maximum Gasteiger partial charge on any atom is 0.321 e. The molecule has 0 spiro atoms. The number of benzene rings is 1. The number of thiazole rings is 1. The molecule has 3 heterocycles. The number of rotatable bonds is 5. The van der Waals surface area contributed by atoms with Gasteiger partial charge < -0.3 is 9.73 Å². The lowest BCUT2D eigenvalue weighted by atomic mass is 10.2. The number of carbonyl (C=O) groups excluding carboxylic acids is 2. The highest BCUT2D eigenvalue weighted by atomic mass is 32.1. The first kappa shape index (κ1) is 17.7. The summed E-state index contributed by atoms with van der Waals surface area (Å²) in [4.78, 5) is 31.0. The van der Waals surface area contributed by atoms with Gasteiger partial charge in [-0.2, -0.15) is 0 Å². The third kappa shape index (κ3) is 4.17. The second kappa shape index (κ2) is 7.89. The van der Waals surface area contributed by atoms with E-state index in [1.165, 1.54) is 6.26 Å². The zero-order chi connectivity index (χ0) is 18.6. The number of likely N-dealkylation sites (tertiary alicyclic amines) is 1. The Morgan fingerprint density at radius 1 is 1.26 bits per heavy atom. The van der Waals surface area contributed by atoms with E-state index in [1.54, 1.807) is 23.5 Å². The molecule has 2 N–H and O–H groups in total. The second-order valence-corrected chi connectivity index (χ2v) is 7.52. The predicted molar refractivity (Wildman–Crippen MR) is 102 cm³/mol. The van der Waals surface area contributed by atoms with Crippen molar-refractivity contribution >= 4 is 33.5 Å². The standard InChI is InChI=1S/C19H20N4O3S/c24-17(22-19(25)20-11-13-5-4-10-26-13)12-23-9-3-7-15(23)18-21-14-6-1-2-8-16(14)27-18/h1-2,4-6,8,10,15H,3,7,9,11-12H2,(H2,20,22,24,25). The van der Waals surface area contributed by atoms with Crippen LogP contribution in [0.25, 0.3) is 10.2 Å². The summed E-state index contributed by atoms with van der Waals surface area (Å²) in [5.41, 5.74) is 0.992. The summed E-state index contributed by atoms with van der Waals surface area (Å²) in [5, 5.41) is 6.02. The van der Waals surface area contributed by atoms with Crippen LogP contribution in [0.4, 0.5) is 4.79 Å². The largest absolute Gasteiger partial charge is 0.467 e. The summed E-state index contributed by atoms with van der Waals surface area (Å²) in [6.45, 7) is 1.24. The Kier molecular flexibility index (Phi) is 5.17. The van der Waals surface area contributed by atoms with E-state index in [2.05, 4.69) is 21.6 Å². The average Bonchev–Trinajstić information content (AvgIpc) is 3.39. The van der Waals surface area contributed by atoms with Gasteiger partial charge in [0.15, 0.2) is 0 Å². The molecule has 1 aromatic carbocycles. The van der Waals surface area contributed by atoms with Crippen molar-refractivity contribution in [1.82, 2.24) is 20.5 Å². The van der Waals surface area contributed by atoms with Gasteiger partial charge in [0.1, 0.15) is 10.8 Å². The number of amides is 3. The SMILES string of the molecule is O=C(CN1CCCC1c1nc2ccccc2s1)NC(=O)NCc1ccco1. The number of furan rings is 1. The summed E-state index contributed by atoms with van der Waals surface area (Å²) in [6, 6.07) is 11.2. The lowest BCUT2D eigenvalue weighted by Gasteiger charge is -2.21. The van der Waals surface area contributed by atoms with Gasteiger partial charge in [-0.15, -0.1) is 11.3 Å². The molecule has 4 rings (SSSR count). The smallest absolute Gasteiger partial charge is 0.321 e. The van der Waals surface area contributed by atoms with Crippen molar-refractivity contribution in [3.05, 3.63) is 53.4 Å². The Labute approximate surface area is 160 Å². The van der Waals surface area contributed by atoms with Crippen LogP contribution in [0.15, 0.2) is 47.1 Å². The van der Waals surface area contributed by atoms with Gasteiger partial charge in [-0.25, -0.2) is 9.78 Å². The van der Waals surface area contributed by atoms with E-state index in [1.807, 2.05) is 18.2 Å². The first-order valence-corrected chi connectivity index (χ1v) is 9.70. The van der Waals surface area contributed by atoms with Crippen LogP contribution in [0.1, 0.15) is 29.7 Å². The monoisotopic (exact) mass is 384 g/mol. The summed E-state index contributed by atoms with van der Waals surface area (Å²) in [6.07, 6.45) is 3.52. The fourth-order valence-electron chi connectivity index (χ4n) is 3.30. The molecule has 1 atom stereocenters. The third-order valence-electron chi connectivity index (χ3n) is 4.56. The Morgan fingerprint density at radius 2 is 2.15 bits per heavy atom. The molecule has 1 unspecified atom stereocenters. The minimum atomic E-state index is -0.521. The molecule has 0 saturated carbocycles. The molecule has 3 amide bonds. The molecule has 2 aromatic heterocycles. The zero-order valence-corrected chi connectivity index (χ0v) is 15.5. The second-order valence-electron chi connectivity index (χ2n) is 6.46. The van der Waals surface area contributed by atoms with E-state index in [0.29, 0.717) is 5.76 Å². The maximum atomic E-state index is 12.3. The number of hydrogen-bond donors (Lipinski definition) is 2. The van der Waals surface area contributed by atoms with Crippen LogP contribution in [0.5, 0.6) is 0 Å². The molecule has 0 radical (unpaired) electrons. The number of imide groups is 1. The van der Waals surface area contributed by atoms with Gasteiger partial charge in [0.2, 0.25) is 5.91 Å². The fraction of sp³-hybridized carbons (Fsp3) is 0.316. The van der Waals surface area contributed by atoms with Crippen molar-refractivity contribution in [3.8, 4) is 0 Å². The Morgan fingerprint density at radius 3 is 2.96 bits per heavy atom. The molecule has 27 heavy (non-hydrogen) atoms. The highest BCUT2D eigenvalue weighted by Gasteiger charge is 2.30. The fourth-order valence-corrected chi connectivity index (χ4v) is 4.44. The zero-order valence-electron chi connectivity index (χ0n) is 14.7. The predicted octanol–water partition coefficient (Wildman–Crippen LogP) is 3.05. The Bertz CT molecular complexity index is 904. The van der Waals surface area contributed by atoms with E-state index in [4.69, 9.17) is 9.40 Å². The topological polar surface area (TPSA) is 87.5 Å². The van der Waals surface area contributed by atoms with Crippen LogP contribution in [0, 0.1) is 0 Å². The highest BCUT2D eigenvalue weighted by molar-refractivity contribution is 7.18. The minimum Gasteiger partial charge on any atom is -0.467 e. The number of para-hydroxylation sites is 1. The maximum absolute atomic E-state index is 12.3. The normalized spacial score (nSPS) is 17.3. The highest BCUT2D eigenvalue weighted by Crippen LogP contribution is 2.36. The van der Waals surface area contributed by atoms with Crippen LogP contribution < -0.4 is 10.6 Å². The molecular weight excluding hydrogens is 364 g/mol. The number of nitrogens with one attached hydrogen (secondary N) is 2. The van der Waals surface area contributed by atoms with E-state index in [9.17, 15) is 9.59 Å². The van der Waals surface area contributed by atoms with Crippen LogP contribution in [0.2, 0.25) is 0 Å². The molecule has 7 nitrogen and oxygen atoms in total. The van der Waals surface area contributed by atoms with E-state index in [0.717, 1.165) is 34.6 Å². The molecule has 140 valence electrons.